The van der Waals surface area contributed by atoms with E-state index in [1.165, 1.54) is 5.56 Å². The standard InChI is InChI=1S/C25H24N6O.3H2/c26-25-20(13-19(15-29-25)18-9-10-27-14-18)24(32)21-7-4-8-23(30-21)31-12-11-28-22(16-31)17-5-2-1-3-6-17;;;/h1-10,13-15,22,27-28H,11-12,16H2,(H2,26,29);3*1H. The molecule has 7 heteroatoms. The second-order valence-corrected chi connectivity index (χ2v) is 7.83. The number of carbonyl (C=O) groups excluding carboxylic acids is 1. The Bertz CT molecular complexity index is 1240. The summed E-state index contributed by atoms with van der Waals surface area (Å²) in [4.78, 5) is 27.4. The highest BCUT2D eigenvalue weighted by atomic mass is 16.1. The SMILES string of the molecule is Nc1ncc(-c2cc[nH]c2)cc1C(=O)c1cccc(N2CCNC(c3ccccc3)C2)n1.[HH].[HH].[HH]. The van der Waals surface area contributed by atoms with Gasteiger partial charge in [-0.05, 0) is 29.8 Å². The first kappa shape index (κ1) is 20.0. The monoisotopic (exact) mass is 430 g/mol. The van der Waals surface area contributed by atoms with Crippen LogP contribution in [0.2, 0.25) is 0 Å². The molecule has 0 radical (unpaired) electrons. The van der Waals surface area contributed by atoms with Crippen LogP contribution in [0.15, 0.2) is 79.3 Å². The van der Waals surface area contributed by atoms with E-state index in [4.69, 9.17) is 10.7 Å². The fourth-order valence-corrected chi connectivity index (χ4v) is 4.05. The summed E-state index contributed by atoms with van der Waals surface area (Å²) in [6.07, 6.45) is 5.35. The van der Waals surface area contributed by atoms with Crippen LogP contribution in [-0.4, -0.2) is 40.4 Å². The Balaban J connectivity index is 0.00000144. The van der Waals surface area contributed by atoms with E-state index >= 15 is 0 Å². The number of carbonyl (C=O) groups is 1. The van der Waals surface area contributed by atoms with E-state index in [0.717, 1.165) is 36.6 Å². The fourth-order valence-electron chi connectivity index (χ4n) is 4.05. The van der Waals surface area contributed by atoms with Crippen molar-refractivity contribution in [1.29, 1.82) is 0 Å². The molecule has 0 amide bonds. The number of H-pyrrole nitrogens is 1. The van der Waals surface area contributed by atoms with Crippen molar-refractivity contribution < 1.29 is 9.07 Å². The number of aromatic nitrogens is 3. The van der Waals surface area contributed by atoms with Crippen molar-refractivity contribution in [3.63, 3.8) is 0 Å². The second kappa shape index (κ2) is 8.64. The largest absolute Gasteiger partial charge is 0.383 e. The maximum Gasteiger partial charge on any atom is 0.215 e. The van der Waals surface area contributed by atoms with Gasteiger partial charge in [-0.15, -0.1) is 0 Å². The van der Waals surface area contributed by atoms with Crippen LogP contribution < -0.4 is 16.0 Å². The lowest BCUT2D eigenvalue weighted by molar-refractivity contribution is 0.103. The number of anilines is 2. The maximum absolute atomic E-state index is 13.3. The van der Waals surface area contributed by atoms with Gasteiger partial charge in [-0.25, -0.2) is 9.97 Å². The van der Waals surface area contributed by atoms with Gasteiger partial charge in [0.05, 0.1) is 5.56 Å². The first-order valence-corrected chi connectivity index (χ1v) is 10.6. The van der Waals surface area contributed by atoms with Crippen LogP contribution in [0, 0.1) is 0 Å². The van der Waals surface area contributed by atoms with E-state index in [2.05, 4.69) is 32.3 Å². The highest BCUT2D eigenvalue weighted by Gasteiger charge is 2.23. The molecule has 1 aliphatic rings. The van der Waals surface area contributed by atoms with Crippen LogP contribution >= 0.6 is 0 Å². The van der Waals surface area contributed by atoms with Crippen LogP contribution in [0.3, 0.4) is 0 Å². The molecule has 0 spiro atoms. The van der Waals surface area contributed by atoms with Gasteiger partial charge in [0.25, 0.3) is 0 Å². The Hall–Kier alpha value is -3.97. The summed E-state index contributed by atoms with van der Waals surface area (Å²) in [6.45, 7) is 2.44. The zero-order valence-corrected chi connectivity index (χ0v) is 17.5. The molecule has 0 saturated carbocycles. The summed E-state index contributed by atoms with van der Waals surface area (Å²) in [7, 11) is 0. The first-order valence-electron chi connectivity index (χ1n) is 10.6. The van der Waals surface area contributed by atoms with E-state index in [1.54, 1.807) is 18.3 Å². The summed E-state index contributed by atoms with van der Waals surface area (Å²) in [6, 6.07) is 19.8. The molecule has 4 aromatic rings. The summed E-state index contributed by atoms with van der Waals surface area (Å²) < 4.78 is 0. The zero-order valence-electron chi connectivity index (χ0n) is 17.5. The van der Waals surface area contributed by atoms with E-state index in [1.807, 2.05) is 48.8 Å². The highest BCUT2D eigenvalue weighted by molar-refractivity contribution is 6.11. The Morgan fingerprint density at radius 2 is 1.97 bits per heavy atom. The van der Waals surface area contributed by atoms with Gasteiger partial charge in [0, 0.05) is 59.7 Å². The molecule has 1 fully saturated rings. The lowest BCUT2D eigenvalue weighted by atomic mass is 10.0. The fraction of sp³-hybridized carbons (Fsp3) is 0.160. The molecule has 1 unspecified atom stereocenters. The lowest BCUT2D eigenvalue weighted by Gasteiger charge is -2.35. The smallest absolute Gasteiger partial charge is 0.215 e. The molecule has 4 heterocycles. The van der Waals surface area contributed by atoms with E-state index in [-0.39, 0.29) is 21.9 Å². The van der Waals surface area contributed by atoms with Crippen molar-refractivity contribution in [3.05, 3.63) is 96.1 Å². The molecule has 3 aromatic heterocycles. The van der Waals surface area contributed by atoms with Gasteiger partial charge in [-0.1, -0.05) is 36.4 Å². The molecular formula is C25H30N6O. The topological polar surface area (TPSA) is 99.9 Å². The number of nitrogen functional groups attached to an aromatic ring is 1. The minimum atomic E-state index is -0.232. The van der Waals surface area contributed by atoms with Gasteiger partial charge in [0.2, 0.25) is 5.78 Å². The Kier molecular flexibility index (Phi) is 5.39. The molecular weight excluding hydrogens is 400 g/mol. The van der Waals surface area contributed by atoms with Gasteiger partial charge >= 0.3 is 0 Å². The Morgan fingerprint density at radius 1 is 1.09 bits per heavy atom. The third-order valence-corrected chi connectivity index (χ3v) is 5.76. The third-order valence-electron chi connectivity index (χ3n) is 5.76. The summed E-state index contributed by atoms with van der Waals surface area (Å²) in [5, 5.41) is 3.56. The Morgan fingerprint density at radius 3 is 2.78 bits per heavy atom. The van der Waals surface area contributed by atoms with Gasteiger partial charge in [0.15, 0.2) is 0 Å². The number of ketones is 1. The van der Waals surface area contributed by atoms with Crippen molar-refractivity contribution >= 4 is 17.4 Å². The molecule has 0 bridgehead atoms. The molecule has 4 N–H and O–H groups in total. The number of benzene rings is 1. The number of pyridine rings is 2. The van der Waals surface area contributed by atoms with Crippen LogP contribution in [0.25, 0.3) is 11.1 Å². The predicted octanol–water partition coefficient (Wildman–Crippen LogP) is 4.17. The van der Waals surface area contributed by atoms with Crippen molar-refractivity contribution in [2.45, 2.75) is 6.04 Å². The highest BCUT2D eigenvalue weighted by Crippen LogP contribution is 2.25. The Labute approximate surface area is 190 Å². The summed E-state index contributed by atoms with van der Waals surface area (Å²) >= 11 is 0. The van der Waals surface area contributed by atoms with Crippen molar-refractivity contribution in [3.8, 4) is 11.1 Å². The number of rotatable bonds is 5. The van der Waals surface area contributed by atoms with Gasteiger partial charge in [-0.3, -0.25) is 4.79 Å². The average molecular weight is 431 g/mol. The lowest BCUT2D eigenvalue weighted by Crippen LogP contribution is -2.46. The van der Waals surface area contributed by atoms with Gasteiger partial charge < -0.3 is 20.9 Å². The number of nitrogens with two attached hydrogens (primary N) is 1. The van der Waals surface area contributed by atoms with Crippen molar-refractivity contribution in [2.75, 3.05) is 30.3 Å². The third kappa shape index (κ3) is 3.98. The summed E-state index contributed by atoms with van der Waals surface area (Å²) in [5.41, 5.74) is 9.79. The van der Waals surface area contributed by atoms with E-state index in [9.17, 15) is 4.79 Å². The quantitative estimate of drug-likeness (QED) is 0.411. The number of nitrogens with one attached hydrogen (secondary N) is 2. The van der Waals surface area contributed by atoms with Crippen LogP contribution in [0.4, 0.5) is 11.6 Å². The number of nitrogens with zero attached hydrogens (tertiary/aromatic N) is 3. The number of hydrogen-bond acceptors (Lipinski definition) is 6. The molecule has 166 valence electrons. The van der Waals surface area contributed by atoms with Crippen LogP contribution in [0.1, 0.15) is 31.9 Å². The molecule has 32 heavy (non-hydrogen) atoms. The first-order chi connectivity index (χ1) is 15.7. The van der Waals surface area contributed by atoms with Gasteiger partial charge in [-0.2, -0.15) is 0 Å². The molecule has 1 aliphatic heterocycles. The van der Waals surface area contributed by atoms with E-state index in [0.29, 0.717) is 11.3 Å². The number of hydrogen-bond donors (Lipinski definition) is 3. The van der Waals surface area contributed by atoms with Crippen molar-refractivity contribution in [1.82, 2.24) is 20.3 Å². The molecule has 1 saturated heterocycles. The van der Waals surface area contributed by atoms with Crippen LogP contribution in [-0.2, 0) is 0 Å². The van der Waals surface area contributed by atoms with Gasteiger partial charge in [0.1, 0.15) is 17.3 Å². The molecule has 1 aromatic carbocycles. The molecule has 1 atom stereocenters. The molecule has 5 rings (SSSR count). The zero-order chi connectivity index (χ0) is 21.9. The van der Waals surface area contributed by atoms with Crippen LogP contribution in [0.5, 0.6) is 0 Å². The maximum atomic E-state index is 13.3. The molecule has 7 nitrogen and oxygen atoms in total. The predicted molar refractivity (Wildman–Crippen MR) is 132 cm³/mol. The van der Waals surface area contributed by atoms with Crippen molar-refractivity contribution in [2.24, 2.45) is 0 Å². The minimum Gasteiger partial charge on any atom is -0.383 e. The number of piperazine rings is 1. The number of aromatic amines is 1. The minimum absolute atomic E-state index is 0. The van der Waals surface area contributed by atoms with E-state index < -0.39 is 0 Å². The second-order valence-electron chi connectivity index (χ2n) is 7.83. The molecule has 0 aliphatic carbocycles. The average Bonchev–Trinajstić information content (AvgIpc) is 3.40. The normalized spacial score (nSPS) is 16.1. The summed E-state index contributed by atoms with van der Waals surface area (Å²) in [5.74, 6) is 0.753.